The third-order valence-corrected chi connectivity index (χ3v) is 5.19. The van der Waals surface area contributed by atoms with E-state index in [9.17, 15) is 0 Å². The minimum Gasteiger partial charge on any atom is -0.378 e. The second kappa shape index (κ2) is 13.3. The van der Waals surface area contributed by atoms with Gasteiger partial charge >= 0.3 is 0 Å². The average Bonchev–Trinajstić information content (AvgIpc) is 2.74. The van der Waals surface area contributed by atoms with Crippen LogP contribution in [0.1, 0.15) is 19.4 Å². The molecule has 0 radical (unpaired) electrons. The Labute approximate surface area is 197 Å². The maximum Gasteiger partial charge on any atom is 0.191 e. The number of ether oxygens (including phenoxy) is 2. The lowest BCUT2D eigenvalue weighted by Crippen LogP contribution is -2.50. The molecule has 2 saturated heterocycles. The summed E-state index contributed by atoms with van der Waals surface area (Å²) in [5, 5.41) is 6.84. The molecule has 0 amide bonds. The Morgan fingerprint density at radius 1 is 1.23 bits per heavy atom. The molecule has 2 N–H and O–H groups in total. The first-order valence-electron chi connectivity index (χ1n) is 10.7. The Kier molecular flexibility index (Phi) is 11.1. The van der Waals surface area contributed by atoms with Gasteiger partial charge < -0.3 is 25.0 Å². The number of anilines is 1. The molecule has 1 atom stereocenters. The molecule has 8 nitrogen and oxygen atoms in total. The van der Waals surface area contributed by atoms with Crippen LogP contribution in [-0.4, -0.2) is 88.1 Å². The van der Waals surface area contributed by atoms with Gasteiger partial charge in [-0.1, -0.05) is 19.9 Å². The molecule has 0 saturated carbocycles. The van der Waals surface area contributed by atoms with Crippen molar-refractivity contribution >= 4 is 35.8 Å². The molecule has 2 fully saturated rings. The lowest BCUT2D eigenvalue weighted by atomic mass is 10.2. The number of hydrogen-bond acceptors (Lipinski definition) is 6. The molecule has 3 heterocycles. The van der Waals surface area contributed by atoms with Crippen LogP contribution in [0.2, 0.25) is 0 Å². The fraction of sp³-hybridized carbons (Fsp3) is 0.714. The van der Waals surface area contributed by atoms with Crippen molar-refractivity contribution in [2.75, 3.05) is 71.0 Å². The van der Waals surface area contributed by atoms with Crippen molar-refractivity contribution in [3.05, 3.63) is 23.9 Å². The Bertz CT molecular complexity index is 654. The van der Waals surface area contributed by atoms with Crippen LogP contribution in [-0.2, 0) is 16.0 Å². The summed E-state index contributed by atoms with van der Waals surface area (Å²) < 4.78 is 11.4. The molecule has 9 heteroatoms. The summed E-state index contributed by atoms with van der Waals surface area (Å²) in [6.07, 6.45) is 2.04. The average molecular weight is 532 g/mol. The van der Waals surface area contributed by atoms with Crippen molar-refractivity contribution in [1.82, 2.24) is 20.5 Å². The smallest absolute Gasteiger partial charge is 0.191 e. The molecule has 0 spiro atoms. The Balaban J connectivity index is 0.00000320. The number of hydrogen-bond donors (Lipinski definition) is 2. The molecule has 1 unspecified atom stereocenters. The largest absolute Gasteiger partial charge is 0.378 e. The molecule has 30 heavy (non-hydrogen) atoms. The number of aliphatic imine (C=N–C) groups is 1. The zero-order chi connectivity index (χ0) is 20.5. The quantitative estimate of drug-likeness (QED) is 0.314. The van der Waals surface area contributed by atoms with Gasteiger partial charge in [0, 0.05) is 64.6 Å². The Morgan fingerprint density at radius 2 is 2.03 bits per heavy atom. The molecule has 0 bridgehead atoms. The van der Waals surface area contributed by atoms with Crippen molar-refractivity contribution in [2.24, 2.45) is 10.9 Å². The van der Waals surface area contributed by atoms with E-state index in [-0.39, 0.29) is 30.1 Å². The summed E-state index contributed by atoms with van der Waals surface area (Å²) >= 11 is 0. The van der Waals surface area contributed by atoms with Gasteiger partial charge in [0.25, 0.3) is 0 Å². The van der Waals surface area contributed by atoms with Crippen molar-refractivity contribution in [3.8, 4) is 0 Å². The van der Waals surface area contributed by atoms with Crippen LogP contribution in [0.25, 0.3) is 0 Å². The third kappa shape index (κ3) is 7.82. The molecule has 1 aromatic rings. The summed E-state index contributed by atoms with van der Waals surface area (Å²) in [5.41, 5.74) is 1.16. The zero-order valence-electron chi connectivity index (χ0n) is 18.5. The lowest BCUT2D eigenvalue weighted by molar-refractivity contribution is -0.0284. The Hall–Kier alpha value is -1.17. The number of rotatable bonds is 7. The van der Waals surface area contributed by atoms with Gasteiger partial charge in [-0.15, -0.1) is 24.0 Å². The molecular weight excluding hydrogens is 495 g/mol. The minimum absolute atomic E-state index is 0. The van der Waals surface area contributed by atoms with Crippen molar-refractivity contribution in [3.63, 3.8) is 0 Å². The first kappa shape index (κ1) is 25.1. The zero-order valence-corrected chi connectivity index (χ0v) is 20.8. The van der Waals surface area contributed by atoms with E-state index in [0.717, 1.165) is 76.4 Å². The van der Waals surface area contributed by atoms with Crippen LogP contribution in [0.5, 0.6) is 0 Å². The molecule has 3 rings (SSSR count). The van der Waals surface area contributed by atoms with Crippen LogP contribution in [0, 0.1) is 5.92 Å². The number of guanidine groups is 1. The number of aromatic nitrogens is 1. The van der Waals surface area contributed by atoms with E-state index in [1.54, 1.807) is 7.05 Å². The predicted molar refractivity (Wildman–Crippen MR) is 132 cm³/mol. The molecule has 0 aliphatic carbocycles. The SMILES string of the molecule is CN=C(NCc1cccnc1N1CCOCC1)NCC1CN(CC(C)C)CCO1.I. The summed E-state index contributed by atoms with van der Waals surface area (Å²) in [7, 11) is 1.80. The van der Waals surface area contributed by atoms with Crippen LogP contribution in [0.4, 0.5) is 5.82 Å². The molecule has 170 valence electrons. The minimum atomic E-state index is 0. The van der Waals surface area contributed by atoms with Gasteiger partial charge in [-0.05, 0) is 12.0 Å². The fourth-order valence-corrected chi connectivity index (χ4v) is 3.82. The standard InChI is InChI=1S/C21H36N6O2.HI/c1-17(2)15-26-7-12-29-19(16-26)14-25-21(22-3)24-13-18-5-4-6-23-20(18)27-8-10-28-11-9-27;/h4-6,17,19H,7-16H2,1-3H3,(H2,22,24,25);1H. The number of nitrogens with zero attached hydrogens (tertiary/aromatic N) is 4. The van der Waals surface area contributed by atoms with Crippen molar-refractivity contribution in [1.29, 1.82) is 0 Å². The monoisotopic (exact) mass is 532 g/mol. The van der Waals surface area contributed by atoms with Gasteiger partial charge in [0.1, 0.15) is 5.82 Å². The van der Waals surface area contributed by atoms with Crippen LogP contribution >= 0.6 is 24.0 Å². The van der Waals surface area contributed by atoms with Gasteiger partial charge in [0.15, 0.2) is 5.96 Å². The van der Waals surface area contributed by atoms with E-state index in [1.807, 2.05) is 12.3 Å². The second-order valence-corrected chi connectivity index (χ2v) is 8.04. The van der Waals surface area contributed by atoms with Gasteiger partial charge in [-0.2, -0.15) is 0 Å². The highest BCUT2D eigenvalue weighted by Crippen LogP contribution is 2.18. The number of morpholine rings is 2. The topological polar surface area (TPSA) is 74.2 Å². The van der Waals surface area contributed by atoms with Crippen molar-refractivity contribution < 1.29 is 9.47 Å². The number of halogens is 1. The maximum absolute atomic E-state index is 5.93. The van der Waals surface area contributed by atoms with E-state index in [2.05, 4.69) is 50.3 Å². The number of nitrogens with one attached hydrogen (secondary N) is 2. The van der Waals surface area contributed by atoms with Crippen LogP contribution in [0.3, 0.4) is 0 Å². The highest BCUT2D eigenvalue weighted by Gasteiger charge is 2.21. The first-order chi connectivity index (χ1) is 14.2. The van der Waals surface area contributed by atoms with Gasteiger partial charge in [-0.3, -0.25) is 9.89 Å². The first-order valence-corrected chi connectivity index (χ1v) is 10.7. The highest BCUT2D eigenvalue weighted by atomic mass is 127. The van der Waals surface area contributed by atoms with E-state index in [1.165, 1.54) is 0 Å². The van der Waals surface area contributed by atoms with Crippen molar-refractivity contribution in [2.45, 2.75) is 26.5 Å². The molecular formula is C21H37IN6O2. The molecule has 2 aliphatic rings. The fourth-order valence-electron chi connectivity index (χ4n) is 3.82. The summed E-state index contributed by atoms with van der Waals surface area (Å²) in [5.74, 6) is 2.49. The van der Waals surface area contributed by atoms with Gasteiger partial charge in [0.05, 0.1) is 25.9 Å². The third-order valence-electron chi connectivity index (χ3n) is 5.19. The van der Waals surface area contributed by atoms with E-state index < -0.39 is 0 Å². The lowest BCUT2D eigenvalue weighted by Gasteiger charge is -2.34. The molecule has 2 aliphatic heterocycles. The van der Waals surface area contributed by atoms with Crippen LogP contribution < -0.4 is 15.5 Å². The predicted octanol–water partition coefficient (Wildman–Crippen LogP) is 1.56. The number of pyridine rings is 1. The summed E-state index contributed by atoms with van der Waals surface area (Å²) in [6.45, 7) is 13.1. The summed E-state index contributed by atoms with van der Waals surface area (Å²) in [4.78, 5) is 13.7. The normalized spacial score (nSPS) is 20.7. The molecule has 0 aromatic carbocycles. The summed E-state index contributed by atoms with van der Waals surface area (Å²) in [6, 6.07) is 4.10. The van der Waals surface area contributed by atoms with Gasteiger partial charge in [-0.25, -0.2) is 4.98 Å². The van der Waals surface area contributed by atoms with E-state index >= 15 is 0 Å². The van der Waals surface area contributed by atoms with E-state index in [4.69, 9.17) is 9.47 Å². The van der Waals surface area contributed by atoms with E-state index in [0.29, 0.717) is 12.5 Å². The molecule has 1 aromatic heterocycles. The van der Waals surface area contributed by atoms with Crippen LogP contribution in [0.15, 0.2) is 23.3 Å². The maximum atomic E-state index is 5.93. The highest BCUT2D eigenvalue weighted by molar-refractivity contribution is 14.0. The Morgan fingerprint density at radius 3 is 2.77 bits per heavy atom. The van der Waals surface area contributed by atoms with Gasteiger partial charge in [0.2, 0.25) is 0 Å². The second-order valence-electron chi connectivity index (χ2n) is 8.04.